The molecule has 0 aliphatic carbocycles. The molecule has 3 heteroatoms. The molecular formula is C17H34N2O. The molecule has 0 spiro atoms. The number of rotatable bonds is 4. The van der Waals surface area contributed by atoms with Crippen molar-refractivity contribution in [2.45, 2.75) is 72.9 Å². The maximum absolute atomic E-state index is 12.3. The minimum atomic E-state index is -0.130. The second-order valence-electron chi connectivity index (χ2n) is 7.78. The van der Waals surface area contributed by atoms with E-state index in [-0.39, 0.29) is 17.0 Å². The summed E-state index contributed by atoms with van der Waals surface area (Å²) in [5.74, 6) is 1.96. The Hall–Kier alpha value is -0.570. The summed E-state index contributed by atoms with van der Waals surface area (Å²) in [5.41, 5.74) is -0.171. The molecule has 0 aromatic carbocycles. The standard InChI is InChI=1S/C17H34N2O/c1-11(2)16(12(3)4)9-15(20)18-10-17(19-16,13(5)6)14(7)8/h11-14,19H,9-10H2,1-8H3,(H,18,20). The van der Waals surface area contributed by atoms with Crippen molar-refractivity contribution in [3.8, 4) is 0 Å². The Morgan fingerprint density at radius 3 is 1.55 bits per heavy atom. The average Bonchev–Trinajstić information content (AvgIpc) is 2.47. The number of amides is 1. The first-order valence-electron chi connectivity index (χ1n) is 8.14. The Bertz CT molecular complexity index is 329. The molecule has 1 saturated heterocycles. The summed E-state index contributed by atoms with van der Waals surface area (Å²) in [5, 5.41) is 7.15. The smallest absolute Gasteiger partial charge is 0.221 e. The van der Waals surface area contributed by atoms with E-state index in [0.29, 0.717) is 30.1 Å². The van der Waals surface area contributed by atoms with Gasteiger partial charge < -0.3 is 10.6 Å². The normalized spacial score (nSPS) is 22.5. The molecule has 0 saturated carbocycles. The third kappa shape index (κ3) is 2.88. The largest absolute Gasteiger partial charge is 0.354 e. The predicted octanol–water partition coefficient (Wildman–Crippen LogP) is 3.20. The van der Waals surface area contributed by atoms with Crippen LogP contribution in [0.3, 0.4) is 0 Å². The van der Waals surface area contributed by atoms with Crippen LogP contribution < -0.4 is 10.6 Å². The van der Waals surface area contributed by atoms with Gasteiger partial charge in [-0.3, -0.25) is 4.79 Å². The SMILES string of the molecule is CC(C)C1(C(C)C)CNC(=O)CC(C(C)C)(C(C)C)N1. The van der Waals surface area contributed by atoms with E-state index in [4.69, 9.17) is 0 Å². The van der Waals surface area contributed by atoms with Crippen molar-refractivity contribution >= 4 is 5.91 Å². The highest BCUT2D eigenvalue weighted by atomic mass is 16.1. The van der Waals surface area contributed by atoms with Gasteiger partial charge in [0.1, 0.15) is 0 Å². The van der Waals surface area contributed by atoms with Gasteiger partial charge in [0, 0.05) is 24.0 Å². The van der Waals surface area contributed by atoms with Crippen LogP contribution >= 0.6 is 0 Å². The molecule has 0 radical (unpaired) electrons. The highest BCUT2D eigenvalue weighted by Crippen LogP contribution is 2.38. The molecule has 3 nitrogen and oxygen atoms in total. The van der Waals surface area contributed by atoms with Crippen LogP contribution in [0.2, 0.25) is 0 Å². The van der Waals surface area contributed by atoms with Crippen molar-refractivity contribution < 1.29 is 4.79 Å². The summed E-state index contributed by atoms with van der Waals surface area (Å²) < 4.78 is 0. The van der Waals surface area contributed by atoms with Gasteiger partial charge >= 0.3 is 0 Å². The third-order valence-corrected chi connectivity index (χ3v) is 5.62. The summed E-state index contributed by atoms with van der Waals surface area (Å²) in [4.78, 5) is 12.3. The molecule has 2 N–H and O–H groups in total. The van der Waals surface area contributed by atoms with Crippen molar-refractivity contribution in [2.24, 2.45) is 23.7 Å². The average molecular weight is 282 g/mol. The van der Waals surface area contributed by atoms with Gasteiger partial charge in [0.2, 0.25) is 5.91 Å². The molecule has 1 rings (SSSR count). The quantitative estimate of drug-likeness (QED) is 0.831. The van der Waals surface area contributed by atoms with Gasteiger partial charge in [-0.25, -0.2) is 0 Å². The van der Waals surface area contributed by atoms with Gasteiger partial charge in [-0.2, -0.15) is 0 Å². The van der Waals surface area contributed by atoms with E-state index in [1.165, 1.54) is 0 Å². The van der Waals surface area contributed by atoms with Gasteiger partial charge in [0.05, 0.1) is 0 Å². The molecule has 1 heterocycles. The number of carbonyl (C=O) groups is 1. The molecule has 0 aromatic heterocycles. The maximum Gasteiger partial charge on any atom is 0.221 e. The number of carbonyl (C=O) groups excluding carboxylic acids is 1. The van der Waals surface area contributed by atoms with E-state index in [9.17, 15) is 4.79 Å². The summed E-state index contributed by atoms with van der Waals surface area (Å²) >= 11 is 0. The van der Waals surface area contributed by atoms with Crippen LogP contribution in [0.15, 0.2) is 0 Å². The van der Waals surface area contributed by atoms with E-state index in [2.05, 4.69) is 66.0 Å². The van der Waals surface area contributed by atoms with Crippen LogP contribution in [0.25, 0.3) is 0 Å². The zero-order valence-corrected chi connectivity index (χ0v) is 14.6. The minimum Gasteiger partial charge on any atom is -0.354 e. The number of nitrogens with one attached hydrogen (secondary N) is 2. The molecule has 20 heavy (non-hydrogen) atoms. The lowest BCUT2D eigenvalue weighted by Gasteiger charge is -2.51. The van der Waals surface area contributed by atoms with Crippen LogP contribution in [-0.4, -0.2) is 23.5 Å². The maximum atomic E-state index is 12.3. The lowest BCUT2D eigenvalue weighted by atomic mass is 9.69. The minimum absolute atomic E-state index is 0.0410. The van der Waals surface area contributed by atoms with Crippen molar-refractivity contribution in [3.05, 3.63) is 0 Å². The van der Waals surface area contributed by atoms with Crippen LogP contribution in [-0.2, 0) is 4.79 Å². The van der Waals surface area contributed by atoms with Crippen LogP contribution in [0.5, 0.6) is 0 Å². The predicted molar refractivity (Wildman–Crippen MR) is 85.6 cm³/mol. The fourth-order valence-corrected chi connectivity index (χ4v) is 3.82. The van der Waals surface area contributed by atoms with Gasteiger partial charge in [0.15, 0.2) is 0 Å². The summed E-state index contributed by atoms with van der Waals surface area (Å²) in [6, 6.07) is 0. The molecule has 118 valence electrons. The molecule has 1 fully saturated rings. The van der Waals surface area contributed by atoms with E-state index >= 15 is 0 Å². The molecule has 1 amide bonds. The Morgan fingerprint density at radius 1 is 0.800 bits per heavy atom. The molecule has 1 aliphatic heterocycles. The van der Waals surface area contributed by atoms with Crippen molar-refractivity contribution in [1.82, 2.24) is 10.6 Å². The highest BCUT2D eigenvalue weighted by Gasteiger charge is 2.50. The van der Waals surface area contributed by atoms with Gasteiger partial charge in [-0.05, 0) is 23.7 Å². The van der Waals surface area contributed by atoms with Gasteiger partial charge in [-0.15, -0.1) is 0 Å². The fraction of sp³-hybridized carbons (Fsp3) is 0.941. The van der Waals surface area contributed by atoms with E-state index in [1.807, 2.05) is 0 Å². The summed E-state index contributed by atoms with van der Waals surface area (Å²) in [6.45, 7) is 18.7. The molecule has 0 bridgehead atoms. The fourth-order valence-electron chi connectivity index (χ4n) is 3.82. The first kappa shape index (κ1) is 17.5. The first-order chi connectivity index (χ1) is 9.08. The molecule has 0 aromatic rings. The lowest BCUT2D eigenvalue weighted by molar-refractivity contribution is -0.122. The highest BCUT2D eigenvalue weighted by molar-refractivity contribution is 5.78. The Balaban J connectivity index is 3.35. The summed E-state index contributed by atoms with van der Waals surface area (Å²) in [6.07, 6.45) is 0.573. The molecule has 0 unspecified atom stereocenters. The van der Waals surface area contributed by atoms with Crippen LogP contribution in [0, 0.1) is 23.7 Å². The van der Waals surface area contributed by atoms with Crippen LogP contribution in [0.4, 0.5) is 0 Å². The lowest BCUT2D eigenvalue weighted by Crippen LogP contribution is -2.68. The van der Waals surface area contributed by atoms with Gasteiger partial charge in [0.25, 0.3) is 0 Å². The number of hydrogen-bond donors (Lipinski definition) is 2. The Kier molecular flexibility index (Phi) is 5.29. The first-order valence-corrected chi connectivity index (χ1v) is 8.14. The second-order valence-corrected chi connectivity index (χ2v) is 7.78. The van der Waals surface area contributed by atoms with Crippen molar-refractivity contribution in [3.63, 3.8) is 0 Å². The number of hydrogen-bond acceptors (Lipinski definition) is 2. The zero-order valence-electron chi connectivity index (χ0n) is 14.6. The summed E-state index contributed by atoms with van der Waals surface area (Å²) in [7, 11) is 0. The molecule has 1 aliphatic rings. The zero-order chi connectivity index (χ0) is 15.7. The Morgan fingerprint density at radius 2 is 1.20 bits per heavy atom. The second kappa shape index (κ2) is 6.05. The molecule has 0 atom stereocenters. The van der Waals surface area contributed by atoms with E-state index in [0.717, 1.165) is 6.54 Å². The molecular weight excluding hydrogens is 248 g/mol. The van der Waals surface area contributed by atoms with Crippen molar-refractivity contribution in [2.75, 3.05) is 6.54 Å². The van der Waals surface area contributed by atoms with Gasteiger partial charge in [-0.1, -0.05) is 55.4 Å². The van der Waals surface area contributed by atoms with E-state index in [1.54, 1.807) is 0 Å². The van der Waals surface area contributed by atoms with Crippen LogP contribution in [0.1, 0.15) is 61.8 Å². The monoisotopic (exact) mass is 282 g/mol. The van der Waals surface area contributed by atoms with E-state index < -0.39 is 0 Å². The topological polar surface area (TPSA) is 41.1 Å². The Labute approximate surface area is 125 Å². The third-order valence-electron chi connectivity index (χ3n) is 5.62. The van der Waals surface area contributed by atoms with Crippen molar-refractivity contribution in [1.29, 1.82) is 0 Å².